The first kappa shape index (κ1) is 27.5. The molecule has 10 heteroatoms. The molecular formula is C20H30Cl3NO4SSi. The van der Waals surface area contributed by atoms with Crippen LogP contribution in [0.25, 0.3) is 6.08 Å². The molecule has 170 valence electrons. The number of carbonyl (C=O) groups is 1. The van der Waals surface area contributed by atoms with Crippen LogP contribution in [0.3, 0.4) is 0 Å². The van der Waals surface area contributed by atoms with E-state index < -0.39 is 18.3 Å². The van der Waals surface area contributed by atoms with Crippen molar-refractivity contribution in [1.82, 2.24) is 4.98 Å². The second kappa shape index (κ2) is 13.1. The minimum Gasteiger partial charge on any atom is -0.430 e. The first-order valence-electron chi connectivity index (χ1n) is 9.85. The van der Waals surface area contributed by atoms with Crippen molar-refractivity contribution >= 4 is 66.7 Å². The number of hydrogen-bond donors (Lipinski definition) is 0. The molecule has 0 amide bonds. The molecule has 0 bridgehead atoms. The van der Waals surface area contributed by atoms with Gasteiger partial charge in [0.05, 0.1) is 11.8 Å². The number of hydrogen-bond acceptors (Lipinski definition) is 6. The van der Waals surface area contributed by atoms with E-state index in [9.17, 15) is 4.79 Å². The summed E-state index contributed by atoms with van der Waals surface area (Å²) in [6.07, 6.45) is 3.74. The van der Waals surface area contributed by atoms with Gasteiger partial charge in [-0.25, -0.2) is 9.78 Å². The zero-order chi connectivity index (χ0) is 22.8. The minimum atomic E-state index is -1.75. The Labute approximate surface area is 199 Å². The summed E-state index contributed by atoms with van der Waals surface area (Å²) in [4.78, 5) is 16.0. The molecule has 0 N–H and O–H groups in total. The lowest BCUT2D eigenvalue weighted by Crippen LogP contribution is -2.40. The fraction of sp³-hybridized carbons (Fsp3) is 0.600. The molecule has 1 atom stereocenters. The van der Waals surface area contributed by atoms with Crippen LogP contribution >= 0.6 is 46.1 Å². The Hall–Kier alpha value is -0.573. The number of aromatic nitrogens is 1. The van der Waals surface area contributed by atoms with Gasteiger partial charge in [-0.15, -0.1) is 17.9 Å². The fourth-order valence-electron chi connectivity index (χ4n) is 2.87. The molecule has 0 aliphatic rings. The monoisotopic (exact) mass is 513 g/mol. The van der Waals surface area contributed by atoms with Crippen molar-refractivity contribution in [2.24, 2.45) is 0 Å². The van der Waals surface area contributed by atoms with Crippen molar-refractivity contribution in [2.75, 3.05) is 6.61 Å². The Kier molecular flexibility index (Phi) is 12.0. The normalized spacial score (nSPS) is 13.8. The van der Waals surface area contributed by atoms with Gasteiger partial charge >= 0.3 is 6.16 Å². The molecule has 0 saturated heterocycles. The van der Waals surface area contributed by atoms with Crippen molar-refractivity contribution in [2.45, 2.75) is 68.8 Å². The largest absolute Gasteiger partial charge is 0.508 e. The highest BCUT2D eigenvalue weighted by molar-refractivity contribution is 7.09. The highest BCUT2D eigenvalue weighted by Gasteiger charge is 2.32. The standard InChI is InChI=1S/C20H30Cl3NO4SSi/c1-6-10-17(28-30(7-2,8-3)9-4)15(5)11-16-13-29-18(24-16)12-26-19(25)27-14-20(21,22)23/h6,11,13,17H,1,7-10,12,14H2,2-5H3. The van der Waals surface area contributed by atoms with Crippen LogP contribution in [0, 0.1) is 0 Å². The Balaban J connectivity index is 2.76. The summed E-state index contributed by atoms with van der Waals surface area (Å²) >= 11 is 18.0. The average Bonchev–Trinajstić information content (AvgIpc) is 3.15. The predicted molar refractivity (Wildman–Crippen MR) is 129 cm³/mol. The van der Waals surface area contributed by atoms with Crippen LogP contribution in [0.15, 0.2) is 23.6 Å². The van der Waals surface area contributed by atoms with Gasteiger partial charge in [0, 0.05) is 5.38 Å². The zero-order valence-corrected chi connectivity index (χ0v) is 22.0. The van der Waals surface area contributed by atoms with E-state index >= 15 is 0 Å². The van der Waals surface area contributed by atoms with Crippen LogP contribution < -0.4 is 0 Å². The SMILES string of the molecule is C=CCC(O[Si](CC)(CC)CC)C(C)=Cc1csc(COC(=O)OCC(Cl)(Cl)Cl)n1. The summed E-state index contributed by atoms with van der Waals surface area (Å²) in [6.45, 7) is 12.2. The first-order valence-corrected chi connectivity index (χ1v) is 14.4. The van der Waals surface area contributed by atoms with Gasteiger partial charge in [0.25, 0.3) is 0 Å². The van der Waals surface area contributed by atoms with Crippen molar-refractivity contribution in [3.05, 3.63) is 34.3 Å². The molecule has 0 radical (unpaired) electrons. The molecule has 5 nitrogen and oxygen atoms in total. The number of ether oxygens (including phenoxy) is 2. The molecule has 1 heterocycles. The lowest BCUT2D eigenvalue weighted by Gasteiger charge is -2.33. The van der Waals surface area contributed by atoms with E-state index in [0.29, 0.717) is 5.01 Å². The Morgan fingerprint density at radius 2 is 1.90 bits per heavy atom. The molecule has 0 spiro atoms. The third-order valence-electron chi connectivity index (χ3n) is 4.83. The van der Waals surface area contributed by atoms with Gasteiger partial charge < -0.3 is 13.9 Å². The predicted octanol–water partition coefficient (Wildman–Crippen LogP) is 7.54. The highest BCUT2D eigenvalue weighted by atomic mass is 35.6. The number of rotatable bonds is 12. The zero-order valence-electron chi connectivity index (χ0n) is 17.9. The smallest absolute Gasteiger partial charge is 0.430 e. The molecule has 0 aliphatic carbocycles. The lowest BCUT2D eigenvalue weighted by molar-refractivity contribution is 0.0511. The van der Waals surface area contributed by atoms with E-state index in [1.807, 2.05) is 17.5 Å². The molecule has 0 aliphatic heterocycles. The molecule has 0 aromatic carbocycles. The second-order valence-corrected chi connectivity index (χ2v) is 15.1. The van der Waals surface area contributed by atoms with E-state index in [4.69, 9.17) is 48.7 Å². The van der Waals surface area contributed by atoms with E-state index in [1.54, 1.807) is 0 Å². The summed E-state index contributed by atoms with van der Waals surface area (Å²) in [5.74, 6) is 0. The van der Waals surface area contributed by atoms with E-state index in [1.165, 1.54) is 11.3 Å². The summed E-state index contributed by atoms with van der Waals surface area (Å²) in [5, 5.41) is 2.55. The molecule has 1 aromatic heterocycles. The van der Waals surface area contributed by atoms with Crippen molar-refractivity contribution in [3.63, 3.8) is 0 Å². The average molecular weight is 515 g/mol. The number of halogens is 3. The van der Waals surface area contributed by atoms with Crippen LogP contribution in [-0.2, 0) is 20.5 Å². The van der Waals surface area contributed by atoms with Crippen LogP contribution in [0.4, 0.5) is 4.79 Å². The number of carbonyl (C=O) groups excluding carboxylic acids is 1. The number of thiazole rings is 1. The van der Waals surface area contributed by atoms with Crippen LogP contribution in [0.5, 0.6) is 0 Å². The lowest BCUT2D eigenvalue weighted by atomic mass is 10.1. The van der Waals surface area contributed by atoms with Gasteiger partial charge in [-0.2, -0.15) is 0 Å². The molecular weight excluding hydrogens is 485 g/mol. The third kappa shape index (κ3) is 9.70. The molecule has 1 aromatic rings. The van der Waals surface area contributed by atoms with Crippen molar-refractivity contribution in [3.8, 4) is 0 Å². The Morgan fingerprint density at radius 1 is 1.27 bits per heavy atom. The quantitative estimate of drug-likeness (QED) is 0.125. The maximum atomic E-state index is 11.5. The molecule has 1 rings (SSSR count). The van der Waals surface area contributed by atoms with Crippen molar-refractivity contribution < 1.29 is 18.7 Å². The van der Waals surface area contributed by atoms with Gasteiger partial charge in [-0.1, -0.05) is 61.7 Å². The van der Waals surface area contributed by atoms with Gasteiger partial charge in [0.2, 0.25) is 3.79 Å². The number of alkyl halides is 3. The maximum absolute atomic E-state index is 11.5. The molecule has 0 fully saturated rings. The minimum absolute atomic E-state index is 0.00711. The van der Waals surface area contributed by atoms with Gasteiger partial charge in [-0.3, -0.25) is 0 Å². The Morgan fingerprint density at radius 3 is 2.43 bits per heavy atom. The van der Waals surface area contributed by atoms with Crippen LogP contribution in [-0.4, -0.2) is 36.0 Å². The summed E-state index contributed by atoms with van der Waals surface area (Å²) < 4.78 is 14.7. The van der Waals surface area contributed by atoms with E-state index in [-0.39, 0.29) is 19.3 Å². The Bertz CT molecular complexity index is 709. The van der Waals surface area contributed by atoms with E-state index in [2.05, 4.69) is 39.3 Å². The maximum Gasteiger partial charge on any atom is 0.508 e. The van der Waals surface area contributed by atoms with Crippen molar-refractivity contribution in [1.29, 1.82) is 0 Å². The fourth-order valence-corrected chi connectivity index (χ4v) is 6.58. The number of nitrogens with zero attached hydrogens (tertiary/aromatic N) is 1. The van der Waals surface area contributed by atoms with Gasteiger partial charge in [0.1, 0.15) is 18.2 Å². The van der Waals surface area contributed by atoms with Gasteiger partial charge in [0.15, 0.2) is 8.32 Å². The van der Waals surface area contributed by atoms with Crippen LogP contribution in [0.2, 0.25) is 18.1 Å². The molecule has 0 saturated carbocycles. The third-order valence-corrected chi connectivity index (χ3v) is 10.6. The van der Waals surface area contributed by atoms with E-state index in [0.717, 1.165) is 35.8 Å². The summed E-state index contributed by atoms with van der Waals surface area (Å²) in [6, 6.07) is 3.27. The molecule has 1 unspecified atom stereocenters. The topological polar surface area (TPSA) is 57.7 Å². The first-order chi connectivity index (χ1) is 14.1. The molecule has 30 heavy (non-hydrogen) atoms. The summed E-state index contributed by atoms with van der Waals surface area (Å²) in [5.41, 5.74) is 1.89. The highest BCUT2D eigenvalue weighted by Crippen LogP contribution is 2.28. The van der Waals surface area contributed by atoms with Gasteiger partial charge in [-0.05, 0) is 43.1 Å². The summed E-state index contributed by atoms with van der Waals surface area (Å²) in [7, 11) is -1.75. The van der Waals surface area contributed by atoms with Crippen LogP contribution in [0.1, 0.15) is 44.8 Å². The second-order valence-electron chi connectivity index (χ2n) is 6.87.